The lowest BCUT2D eigenvalue weighted by Gasteiger charge is -2.32. The molecule has 2 rings (SSSR count). The van der Waals surface area contributed by atoms with Gasteiger partial charge in [-0.05, 0) is 25.7 Å². The lowest BCUT2D eigenvalue weighted by molar-refractivity contribution is -0.0482. The van der Waals surface area contributed by atoms with Gasteiger partial charge in [-0.1, -0.05) is 12.1 Å². The van der Waals surface area contributed by atoms with Gasteiger partial charge in [0.05, 0.1) is 0 Å². The minimum Gasteiger partial charge on any atom is -0.382 e. The van der Waals surface area contributed by atoms with Crippen molar-refractivity contribution in [2.75, 3.05) is 0 Å². The van der Waals surface area contributed by atoms with E-state index in [0.29, 0.717) is 11.7 Å². The van der Waals surface area contributed by atoms with Crippen LogP contribution in [0, 0.1) is 0 Å². The van der Waals surface area contributed by atoms with Crippen molar-refractivity contribution < 1.29 is 9.63 Å². The number of nitrogens with zero attached hydrogens (tertiary/aromatic N) is 2. The van der Waals surface area contributed by atoms with Crippen LogP contribution in [0.2, 0.25) is 0 Å². The average Bonchev–Trinajstić information content (AvgIpc) is 2.50. The zero-order valence-electron chi connectivity index (χ0n) is 7.79. The molecule has 0 unspecified atom stereocenters. The first-order valence-electron chi connectivity index (χ1n) is 4.80. The van der Waals surface area contributed by atoms with E-state index in [1.54, 1.807) is 0 Å². The van der Waals surface area contributed by atoms with E-state index in [0.717, 1.165) is 32.1 Å². The van der Waals surface area contributed by atoms with Crippen molar-refractivity contribution >= 4 is 0 Å². The Bertz CT molecular complexity index is 292. The second-order valence-corrected chi connectivity index (χ2v) is 3.65. The number of aromatic nitrogens is 2. The highest BCUT2D eigenvalue weighted by Gasteiger charge is 2.40. The van der Waals surface area contributed by atoms with Gasteiger partial charge in [-0.2, -0.15) is 4.98 Å². The van der Waals surface area contributed by atoms with E-state index in [1.165, 1.54) is 0 Å². The summed E-state index contributed by atoms with van der Waals surface area (Å²) in [6, 6.07) is 0. The van der Waals surface area contributed by atoms with Crippen LogP contribution in [-0.4, -0.2) is 15.2 Å². The fourth-order valence-corrected chi connectivity index (χ4v) is 1.49. The van der Waals surface area contributed by atoms with Gasteiger partial charge in [-0.25, -0.2) is 0 Å². The van der Waals surface area contributed by atoms with Crippen molar-refractivity contribution in [1.82, 2.24) is 10.1 Å². The van der Waals surface area contributed by atoms with E-state index in [4.69, 9.17) is 4.52 Å². The monoisotopic (exact) mass is 182 g/mol. The Kier molecular flexibility index (Phi) is 2.07. The third-order valence-electron chi connectivity index (χ3n) is 2.53. The molecule has 1 aliphatic carbocycles. The molecule has 0 atom stereocenters. The second-order valence-electron chi connectivity index (χ2n) is 3.65. The van der Waals surface area contributed by atoms with Crippen molar-refractivity contribution in [2.24, 2.45) is 0 Å². The van der Waals surface area contributed by atoms with E-state index in [-0.39, 0.29) is 0 Å². The van der Waals surface area contributed by atoms with Gasteiger partial charge in [0.15, 0.2) is 0 Å². The fourth-order valence-electron chi connectivity index (χ4n) is 1.49. The Morgan fingerprint density at radius 1 is 1.54 bits per heavy atom. The van der Waals surface area contributed by atoms with Crippen LogP contribution >= 0.6 is 0 Å². The normalized spacial score (nSPS) is 19.8. The van der Waals surface area contributed by atoms with Crippen molar-refractivity contribution in [3.05, 3.63) is 11.7 Å². The predicted octanol–water partition coefficient (Wildman–Crippen LogP) is 1.39. The van der Waals surface area contributed by atoms with Crippen LogP contribution in [0.3, 0.4) is 0 Å². The number of hydrogen-bond donors (Lipinski definition) is 1. The van der Waals surface area contributed by atoms with Crippen molar-refractivity contribution in [2.45, 2.75) is 44.6 Å². The standard InChI is InChI=1S/C9H14N2O2/c1-2-4-7-10-8(11-13-7)9(12)5-3-6-9/h12H,2-6H2,1H3. The number of aliphatic hydroxyl groups is 1. The van der Waals surface area contributed by atoms with Crippen LogP contribution in [-0.2, 0) is 12.0 Å². The molecule has 0 aliphatic heterocycles. The minimum atomic E-state index is -0.782. The molecule has 0 aromatic carbocycles. The van der Waals surface area contributed by atoms with Crippen LogP contribution in [0.25, 0.3) is 0 Å². The van der Waals surface area contributed by atoms with Gasteiger partial charge in [-0.15, -0.1) is 0 Å². The van der Waals surface area contributed by atoms with Crippen molar-refractivity contribution in [3.8, 4) is 0 Å². The van der Waals surface area contributed by atoms with Crippen LogP contribution in [0.5, 0.6) is 0 Å². The molecule has 4 nitrogen and oxygen atoms in total. The molecule has 13 heavy (non-hydrogen) atoms. The molecular weight excluding hydrogens is 168 g/mol. The first-order valence-corrected chi connectivity index (χ1v) is 4.80. The summed E-state index contributed by atoms with van der Waals surface area (Å²) in [4.78, 5) is 4.17. The fraction of sp³-hybridized carbons (Fsp3) is 0.778. The molecule has 1 aliphatic rings. The molecule has 1 N–H and O–H groups in total. The molecule has 0 radical (unpaired) electrons. The highest BCUT2D eigenvalue weighted by molar-refractivity contribution is 5.05. The Labute approximate surface area is 77.0 Å². The molecule has 1 saturated carbocycles. The molecule has 1 aromatic heterocycles. The van der Waals surface area contributed by atoms with E-state index in [2.05, 4.69) is 17.1 Å². The Morgan fingerprint density at radius 3 is 2.85 bits per heavy atom. The second kappa shape index (κ2) is 3.10. The van der Waals surface area contributed by atoms with Crippen LogP contribution < -0.4 is 0 Å². The highest BCUT2D eigenvalue weighted by atomic mass is 16.5. The lowest BCUT2D eigenvalue weighted by atomic mass is 9.80. The minimum absolute atomic E-state index is 0.474. The first-order chi connectivity index (χ1) is 6.24. The largest absolute Gasteiger partial charge is 0.382 e. The highest BCUT2D eigenvalue weighted by Crippen LogP contribution is 2.39. The number of rotatable bonds is 3. The van der Waals surface area contributed by atoms with Gasteiger partial charge < -0.3 is 9.63 Å². The van der Waals surface area contributed by atoms with Crippen LogP contribution in [0.1, 0.15) is 44.3 Å². The van der Waals surface area contributed by atoms with E-state index in [9.17, 15) is 5.11 Å². The van der Waals surface area contributed by atoms with E-state index >= 15 is 0 Å². The summed E-state index contributed by atoms with van der Waals surface area (Å²) >= 11 is 0. The molecule has 1 aromatic rings. The smallest absolute Gasteiger partial charge is 0.226 e. The Hall–Kier alpha value is -0.900. The molecule has 4 heteroatoms. The maximum Gasteiger partial charge on any atom is 0.226 e. The Balaban J connectivity index is 2.12. The molecule has 0 saturated heterocycles. The van der Waals surface area contributed by atoms with Gasteiger partial charge in [0.25, 0.3) is 0 Å². The summed E-state index contributed by atoms with van der Waals surface area (Å²) < 4.78 is 5.01. The maximum absolute atomic E-state index is 9.88. The van der Waals surface area contributed by atoms with Gasteiger partial charge >= 0.3 is 0 Å². The molecule has 0 amide bonds. The molecule has 1 heterocycles. The summed E-state index contributed by atoms with van der Waals surface area (Å²) in [6.45, 7) is 2.06. The summed E-state index contributed by atoms with van der Waals surface area (Å²) in [5, 5.41) is 13.7. The molecule has 0 bridgehead atoms. The molecular formula is C9H14N2O2. The van der Waals surface area contributed by atoms with E-state index < -0.39 is 5.60 Å². The van der Waals surface area contributed by atoms with Gasteiger partial charge in [-0.3, -0.25) is 0 Å². The lowest BCUT2D eigenvalue weighted by Crippen LogP contribution is -2.34. The third-order valence-corrected chi connectivity index (χ3v) is 2.53. The molecule has 72 valence electrons. The van der Waals surface area contributed by atoms with Crippen LogP contribution in [0.15, 0.2) is 4.52 Å². The third kappa shape index (κ3) is 1.46. The van der Waals surface area contributed by atoms with Gasteiger partial charge in [0.1, 0.15) is 5.60 Å². The summed E-state index contributed by atoms with van der Waals surface area (Å²) in [6.07, 6.45) is 4.35. The van der Waals surface area contributed by atoms with Crippen molar-refractivity contribution in [1.29, 1.82) is 0 Å². The van der Waals surface area contributed by atoms with E-state index in [1.807, 2.05) is 0 Å². The van der Waals surface area contributed by atoms with Crippen LogP contribution in [0.4, 0.5) is 0 Å². The number of hydrogen-bond acceptors (Lipinski definition) is 4. The summed E-state index contributed by atoms with van der Waals surface area (Å²) in [7, 11) is 0. The SMILES string of the molecule is CCCc1nc(C2(O)CCC2)no1. The molecule has 0 spiro atoms. The van der Waals surface area contributed by atoms with Gasteiger partial charge in [0, 0.05) is 6.42 Å². The zero-order valence-corrected chi connectivity index (χ0v) is 7.79. The zero-order chi connectivity index (χ0) is 9.31. The topological polar surface area (TPSA) is 59.2 Å². The predicted molar refractivity (Wildman–Crippen MR) is 46.0 cm³/mol. The quantitative estimate of drug-likeness (QED) is 0.767. The van der Waals surface area contributed by atoms with Gasteiger partial charge in [0.2, 0.25) is 11.7 Å². The molecule has 1 fully saturated rings. The first kappa shape index (κ1) is 8.69. The summed E-state index contributed by atoms with van der Waals surface area (Å²) in [5.74, 6) is 1.11. The maximum atomic E-state index is 9.88. The van der Waals surface area contributed by atoms with Crippen molar-refractivity contribution in [3.63, 3.8) is 0 Å². The Morgan fingerprint density at radius 2 is 2.31 bits per heavy atom. The number of aryl methyl sites for hydroxylation is 1. The summed E-state index contributed by atoms with van der Waals surface area (Å²) in [5.41, 5.74) is -0.782. The average molecular weight is 182 g/mol.